The number of hydrogen-bond acceptors (Lipinski definition) is 2. The molecule has 0 aliphatic heterocycles. The van der Waals surface area contributed by atoms with Crippen LogP contribution in [0.15, 0.2) is 23.1 Å². The minimum Gasteiger partial charge on any atom is -0.349 e. The predicted octanol–water partition coefficient (Wildman–Crippen LogP) is 1.67. The maximum Gasteiger partial charge on any atom is 0.251 e. The second kappa shape index (κ2) is 5.49. The molecule has 1 aromatic heterocycles. The van der Waals surface area contributed by atoms with Gasteiger partial charge in [-0.3, -0.25) is 9.59 Å². The number of aromatic nitrogens is 1. The first-order valence-electron chi connectivity index (χ1n) is 5.76. The van der Waals surface area contributed by atoms with Crippen LogP contribution in [0.5, 0.6) is 0 Å². The zero-order valence-corrected chi connectivity index (χ0v) is 11.0. The molecule has 1 aliphatic rings. The molecular weight excluding hydrogens is 284 g/mol. The van der Waals surface area contributed by atoms with Gasteiger partial charge >= 0.3 is 0 Å². The van der Waals surface area contributed by atoms with E-state index in [1.165, 1.54) is 12.3 Å². The number of H-pyrrole nitrogens is 1. The molecule has 92 valence electrons. The van der Waals surface area contributed by atoms with E-state index in [-0.39, 0.29) is 17.5 Å². The van der Waals surface area contributed by atoms with Crippen LogP contribution in [0.3, 0.4) is 0 Å². The Morgan fingerprint density at radius 3 is 3.06 bits per heavy atom. The second-order valence-electron chi connectivity index (χ2n) is 4.37. The van der Waals surface area contributed by atoms with E-state index in [0.29, 0.717) is 11.5 Å². The Morgan fingerprint density at radius 2 is 2.35 bits per heavy atom. The first kappa shape index (κ1) is 12.4. The van der Waals surface area contributed by atoms with Crippen LogP contribution in [0, 0.1) is 5.92 Å². The van der Waals surface area contributed by atoms with E-state index in [1.54, 1.807) is 6.07 Å². The molecule has 0 spiro atoms. The minimum atomic E-state index is -0.249. The van der Waals surface area contributed by atoms with Gasteiger partial charge in [-0.25, -0.2) is 0 Å². The van der Waals surface area contributed by atoms with Crippen LogP contribution in [0.4, 0.5) is 0 Å². The normalized spacial score (nSPS) is 23.6. The van der Waals surface area contributed by atoms with Gasteiger partial charge < -0.3 is 10.3 Å². The lowest BCUT2D eigenvalue weighted by Gasteiger charge is -2.18. The van der Waals surface area contributed by atoms with E-state index < -0.39 is 0 Å². The molecule has 4 nitrogen and oxygen atoms in total. The van der Waals surface area contributed by atoms with Crippen LogP contribution in [-0.4, -0.2) is 22.3 Å². The summed E-state index contributed by atoms with van der Waals surface area (Å²) in [5.74, 6) is 0.342. The van der Waals surface area contributed by atoms with Crippen molar-refractivity contribution >= 4 is 21.8 Å². The van der Waals surface area contributed by atoms with E-state index in [1.807, 2.05) is 0 Å². The van der Waals surface area contributed by atoms with Crippen molar-refractivity contribution < 1.29 is 4.79 Å². The van der Waals surface area contributed by atoms with E-state index in [0.717, 1.165) is 24.6 Å². The Labute approximate surface area is 108 Å². The summed E-state index contributed by atoms with van der Waals surface area (Å²) >= 11 is 3.47. The topological polar surface area (TPSA) is 62.0 Å². The van der Waals surface area contributed by atoms with E-state index in [2.05, 4.69) is 26.2 Å². The molecule has 17 heavy (non-hydrogen) atoms. The summed E-state index contributed by atoms with van der Waals surface area (Å²) in [4.78, 5) is 25.5. The van der Waals surface area contributed by atoms with Gasteiger partial charge in [-0.05, 0) is 24.8 Å². The summed E-state index contributed by atoms with van der Waals surface area (Å²) in [5, 5.41) is 3.91. The summed E-state index contributed by atoms with van der Waals surface area (Å²) in [6.07, 6.45) is 4.81. The van der Waals surface area contributed by atoms with Crippen LogP contribution < -0.4 is 10.9 Å². The Morgan fingerprint density at radius 1 is 1.53 bits per heavy atom. The number of rotatable bonds is 3. The highest BCUT2D eigenvalue weighted by atomic mass is 79.9. The molecule has 1 heterocycles. The van der Waals surface area contributed by atoms with E-state index >= 15 is 0 Å². The van der Waals surface area contributed by atoms with Gasteiger partial charge in [-0.15, -0.1) is 0 Å². The van der Waals surface area contributed by atoms with Gasteiger partial charge in [0.1, 0.15) is 0 Å². The molecule has 0 saturated heterocycles. The molecule has 1 aromatic rings. The highest BCUT2D eigenvalue weighted by Gasteiger charge is 2.27. The maximum absolute atomic E-state index is 11.9. The molecule has 2 N–H and O–H groups in total. The predicted molar refractivity (Wildman–Crippen MR) is 69.5 cm³/mol. The number of carbonyl (C=O) groups is 1. The molecule has 5 heteroatoms. The van der Waals surface area contributed by atoms with Gasteiger partial charge in [0.05, 0.1) is 0 Å². The van der Waals surface area contributed by atoms with Crippen molar-refractivity contribution in [2.45, 2.75) is 25.3 Å². The molecule has 1 saturated carbocycles. The van der Waals surface area contributed by atoms with Gasteiger partial charge in [0.2, 0.25) is 5.56 Å². The fourth-order valence-corrected chi connectivity index (χ4v) is 3.02. The zero-order chi connectivity index (χ0) is 12.3. The van der Waals surface area contributed by atoms with Gasteiger partial charge in [0, 0.05) is 29.2 Å². The van der Waals surface area contributed by atoms with Crippen molar-refractivity contribution in [3.8, 4) is 0 Å². The van der Waals surface area contributed by atoms with Crippen molar-refractivity contribution in [2.75, 3.05) is 5.33 Å². The van der Waals surface area contributed by atoms with Crippen molar-refractivity contribution in [3.63, 3.8) is 0 Å². The number of alkyl halides is 1. The molecule has 2 unspecified atom stereocenters. The summed E-state index contributed by atoms with van der Waals surface area (Å²) in [7, 11) is 0. The highest BCUT2D eigenvalue weighted by Crippen LogP contribution is 2.27. The number of aromatic amines is 1. The number of hydrogen-bond donors (Lipinski definition) is 2. The molecule has 0 aromatic carbocycles. The summed E-state index contributed by atoms with van der Waals surface area (Å²) in [6.45, 7) is 0. The molecule has 0 bridgehead atoms. The number of halogens is 1. The monoisotopic (exact) mass is 298 g/mol. The third-order valence-electron chi connectivity index (χ3n) is 3.21. The van der Waals surface area contributed by atoms with Crippen LogP contribution >= 0.6 is 15.9 Å². The molecule has 0 radical (unpaired) electrons. The number of nitrogens with one attached hydrogen (secondary N) is 2. The number of pyridine rings is 1. The standard InChI is InChI=1S/C12H15BrN2O2/c13-7-9-2-1-3-10(9)15-12(17)8-4-5-14-11(16)6-8/h4-6,9-10H,1-3,7H2,(H,14,16)(H,15,17). The van der Waals surface area contributed by atoms with E-state index in [9.17, 15) is 9.59 Å². The lowest BCUT2D eigenvalue weighted by molar-refractivity contribution is 0.0930. The summed E-state index contributed by atoms with van der Waals surface area (Å²) < 4.78 is 0. The van der Waals surface area contributed by atoms with E-state index in [4.69, 9.17) is 0 Å². The van der Waals surface area contributed by atoms with Crippen molar-refractivity contribution in [1.82, 2.24) is 10.3 Å². The Bertz CT molecular complexity index is 458. The Hall–Kier alpha value is -1.10. The first-order valence-corrected chi connectivity index (χ1v) is 6.88. The smallest absolute Gasteiger partial charge is 0.251 e. The molecule has 1 fully saturated rings. The van der Waals surface area contributed by atoms with Crippen LogP contribution in [0.2, 0.25) is 0 Å². The molecule has 2 rings (SSSR count). The average molecular weight is 299 g/mol. The van der Waals surface area contributed by atoms with Gasteiger partial charge in [-0.2, -0.15) is 0 Å². The lowest BCUT2D eigenvalue weighted by atomic mass is 10.1. The molecule has 1 aliphatic carbocycles. The molecule has 1 amide bonds. The quantitative estimate of drug-likeness (QED) is 0.834. The minimum absolute atomic E-state index is 0.158. The lowest BCUT2D eigenvalue weighted by Crippen LogP contribution is -2.38. The van der Waals surface area contributed by atoms with Crippen LogP contribution in [0.25, 0.3) is 0 Å². The van der Waals surface area contributed by atoms with Gasteiger partial charge in [-0.1, -0.05) is 22.4 Å². The SMILES string of the molecule is O=C(NC1CCCC1CBr)c1cc[nH]c(=O)c1. The summed E-state index contributed by atoms with van der Waals surface area (Å²) in [6, 6.07) is 3.17. The summed E-state index contributed by atoms with van der Waals surface area (Å²) in [5.41, 5.74) is 0.176. The number of amides is 1. The highest BCUT2D eigenvalue weighted by molar-refractivity contribution is 9.09. The zero-order valence-electron chi connectivity index (χ0n) is 9.41. The van der Waals surface area contributed by atoms with Crippen LogP contribution in [0.1, 0.15) is 29.6 Å². The Kier molecular flexibility index (Phi) is 3.99. The first-order chi connectivity index (χ1) is 8.20. The number of carbonyl (C=O) groups excluding carboxylic acids is 1. The van der Waals surface area contributed by atoms with Crippen molar-refractivity contribution in [3.05, 3.63) is 34.2 Å². The Balaban J connectivity index is 2.04. The van der Waals surface area contributed by atoms with Gasteiger partial charge in [0.15, 0.2) is 0 Å². The maximum atomic E-state index is 11.9. The third-order valence-corrected chi connectivity index (χ3v) is 4.04. The van der Waals surface area contributed by atoms with Gasteiger partial charge in [0.25, 0.3) is 5.91 Å². The van der Waals surface area contributed by atoms with Crippen molar-refractivity contribution in [2.24, 2.45) is 5.92 Å². The second-order valence-corrected chi connectivity index (χ2v) is 5.01. The van der Waals surface area contributed by atoms with Crippen molar-refractivity contribution in [1.29, 1.82) is 0 Å². The molecule has 2 atom stereocenters. The largest absolute Gasteiger partial charge is 0.349 e. The fourth-order valence-electron chi connectivity index (χ4n) is 2.25. The fraction of sp³-hybridized carbons (Fsp3) is 0.500. The average Bonchev–Trinajstić information content (AvgIpc) is 2.76. The third kappa shape index (κ3) is 2.97. The molecular formula is C12H15BrN2O2. The van der Waals surface area contributed by atoms with Crippen LogP contribution in [-0.2, 0) is 0 Å².